The van der Waals surface area contributed by atoms with Gasteiger partial charge in [0.2, 0.25) is 0 Å². The lowest BCUT2D eigenvalue weighted by Gasteiger charge is -2.14. The van der Waals surface area contributed by atoms with Gasteiger partial charge in [-0.2, -0.15) is 0 Å². The molecule has 2 aromatic heterocycles. The molecule has 0 aliphatic carbocycles. The van der Waals surface area contributed by atoms with Gasteiger partial charge in [0.25, 0.3) is 0 Å². The third-order valence-corrected chi connectivity index (χ3v) is 6.87. The van der Waals surface area contributed by atoms with Crippen molar-refractivity contribution in [3.05, 3.63) is 51.2 Å². The highest BCUT2D eigenvalue weighted by Crippen LogP contribution is 2.41. The molecule has 104 valence electrons. The molecule has 0 amide bonds. The molecule has 0 fully saturated rings. The Hall–Kier alpha value is -0.840. The van der Waals surface area contributed by atoms with E-state index in [4.69, 9.17) is 4.74 Å². The van der Waals surface area contributed by atoms with E-state index in [-0.39, 0.29) is 4.83 Å². The fraction of sp³-hybridized carbons (Fsp3) is 0.250. The average molecular weight is 367 g/mol. The zero-order valence-electron chi connectivity index (χ0n) is 11.6. The van der Waals surface area contributed by atoms with E-state index < -0.39 is 0 Å². The maximum Gasteiger partial charge on any atom is 0.124 e. The molecule has 20 heavy (non-hydrogen) atoms. The summed E-state index contributed by atoms with van der Waals surface area (Å²) in [6.07, 6.45) is 0. The molecule has 0 spiro atoms. The first-order chi connectivity index (χ1) is 9.60. The number of halogens is 1. The van der Waals surface area contributed by atoms with Gasteiger partial charge < -0.3 is 4.74 Å². The van der Waals surface area contributed by atoms with E-state index in [1.807, 2.05) is 11.3 Å². The second-order valence-electron chi connectivity index (χ2n) is 4.85. The van der Waals surface area contributed by atoms with Gasteiger partial charge in [-0.3, -0.25) is 0 Å². The highest BCUT2D eigenvalue weighted by Gasteiger charge is 2.16. The van der Waals surface area contributed by atoms with Crippen LogP contribution in [0.15, 0.2) is 29.6 Å². The number of benzene rings is 1. The summed E-state index contributed by atoms with van der Waals surface area (Å²) in [4.78, 5) is 1.60. The number of ether oxygens (including phenoxy) is 1. The van der Waals surface area contributed by atoms with Gasteiger partial charge in [-0.1, -0.05) is 28.1 Å². The minimum absolute atomic E-state index is 0.246. The maximum absolute atomic E-state index is 5.44. The number of alkyl halides is 1. The van der Waals surface area contributed by atoms with Crippen molar-refractivity contribution in [3.63, 3.8) is 0 Å². The summed E-state index contributed by atoms with van der Waals surface area (Å²) < 4.78 is 8.18. The summed E-state index contributed by atoms with van der Waals surface area (Å²) >= 11 is 7.51. The predicted molar refractivity (Wildman–Crippen MR) is 92.9 cm³/mol. The molecule has 0 aliphatic heterocycles. The van der Waals surface area contributed by atoms with Crippen LogP contribution in [-0.4, -0.2) is 7.11 Å². The van der Waals surface area contributed by atoms with Crippen LogP contribution in [0.25, 0.3) is 9.40 Å². The van der Waals surface area contributed by atoms with E-state index in [9.17, 15) is 0 Å². The Morgan fingerprint density at radius 1 is 1.10 bits per heavy atom. The fourth-order valence-electron chi connectivity index (χ4n) is 2.53. The van der Waals surface area contributed by atoms with Crippen molar-refractivity contribution in [2.75, 3.05) is 7.11 Å². The van der Waals surface area contributed by atoms with Crippen LogP contribution in [0, 0.1) is 13.8 Å². The van der Waals surface area contributed by atoms with E-state index in [1.165, 1.54) is 31.0 Å². The van der Waals surface area contributed by atoms with Gasteiger partial charge >= 0.3 is 0 Å². The molecule has 1 aromatic carbocycles. The van der Waals surface area contributed by atoms with Gasteiger partial charge in [-0.25, -0.2) is 0 Å². The minimum Gasteiger partial charge on any atom is -0.496 e. The molecule has 1 unspecified atom stereocenters. The minimum atomic E-state index is 0.246. The fourth-order valence-corrected chi connectivity index (χ4v) is 5.33. The Labute approximate surface area is 135 Å². The van der Waals surface area contributed by atoms with Crippen LogP contribution < -0.4 is 4.74 Å². The molecule has 2 heterocycles. The summed E-state index contributed by atoms with van der Waals surface area (Å²) in [5, 5.41) is 2.15. The van der Waals surface area contributed by atoms with E-state index in [0.29, 0.717) is 0 Å². The topological polar surface area (TPSA) is 9.23 Å². The van der Waals surface area contributed by atoms with Crippen LogP contribution in [0.4, 0.5) is 0 Å². The standard InChI is InChI=1S/C16H15BrOS2/c1-9-6-11(7-10(2)16(9)18-3)15(17)14-8-13-12(20-14)4-5-19-13/h4-8,15H,1-3H3. The molecule has 0 radical (unpaired) electrons. The van der Waals surface area contributed by atoms with Crippen LogP contribution in [0.5, 0.6) is 5.75 Å². The van der Waals surface area contributed by atoms with Crippen LogP contribution in [0.3, 0.4) is 0 Å². The molecule has 0 saturated heterocycles. The van der Waals surface area contributed by atoms with Gasteiger partial charge in [0, 0.05) is 14.3 Å². The number of hydrogen-bond acceptors (Lipinski definition) is 3. The van der Waals surface area contributed by atoms with E-state index in [0.717, 1.165) is 5.75 Å². The van der Waals surface area contributed by atoms with E-state index >= 15 is 0 Å². The van der Waals surface area contributed by atoms with E-state index in [2.05, 4.69) is 59.4 Å². The monoisotopic (exact) mass is 366 g/mol. The predicted octanol–water partition coefficient (Wildman–Crippen LogP) is 6.07. The van der Waals surface area contributed by atoms with Crippen molar-refractivity contribution in [3.8, 4) is 5.75 Å². The van der Waals surface area contributed by atoms with Crippen LogP contribution >= 0.6 is 38.6 Å². The number of fused-ring (bicyclic) bond motifs is 1. The molecule has 0 N–H and O–H groups in total. The molecule has 4 heteroatoms. The average Bonchev–Trinajstić information content (AvgIpc) is 2.98. The molecule has 0 bridgehead atoms. The second-order valence-corrected chi connectivity index (χ2v) is 7.83. The number of aryl methyl sites for hydroxylation is 2. The number of hydrogen-bond donors (Lipinski definition) is 0. The van der Waals surface area contributed by atoms with Crippen LogP contribution in [0.1, 0.15) is 26.4 Å². The Balaban J connectivity index is 2.01. The molecule has 0 saturated carbocycles. The summed E-state index contributed by atoms with van der Waals surface area (Å²) in [6.45, 7) is 4.20. The molecular formula is C16H15BrOS2. The molecular weight excluding hydrogens is 352 g/mol. The van der Waals surface area contributed by atoms with Crippen molar-refractivity contribution in [1.82, 2.24) is 0 Å². The maximum atomic E-state index is 5.44. The Morgan fingerprint density at radius 2 is 1.80 bits per heavy atom. The second kappa shape index (κ2) is 5.51. The van der Waals surface area contributed by atoms with Gasteiger partial charge in [0.1, 0.15) is 5.75 Å². The van der Waals surface area contributed by atoms with Crippen LogP contribution in [0.2, 0.25) is 0 Å². The quantitative estimate of drug-likeness (QED) is 0.510. The highest BCUT2D eigenvalue weighted by atomic mass is 79.9. The third kappa shape index (κ3) is 2.41. The number of thiophene rings is 2. The Bertz CT molecular complexity index is 705. The van der Waals surface area contributed by atoms with Crippen molar-refractivity contribution in [2.45, 2.75) is 18.7 Å². The number of methoxy groups -OCH3 is 1. The van der Waals surface area contributed by atoms with Gasteiger partial charge in [0.05, 0.1) is 11.9 Å². The van der Waals surface area contributed by atoms with Crippen molar-refractivity contribution < 1.29 is 4.74 Å². The smallest absolute Gasteiger partial charge is 0.124 e. The van der Waals surface area contributed by atoms with Gasteiger partial charge in [0.15, 0.2) is 0 Å². The SMILES string of the molecule is COc1c(C)cc(C(Br)c2cc3sccc3s2)cc1C. The van der Waals surface area contributed by atoms with Crippen molar-refractivity contribution in [1.29, 1.82) is 0 Å². The molecule has 3 aromatic rings. The van der Waals surface area contributed by atoms with E-state index in [1.54, 1.807) is 18.4 Å². The highest BCUT2D eigenvalue weighted by molar-refractivity contribution is 9.09. The first-order valence-electron chi connectivity index (χ1n) is 6.36. The molecule has 0 aliphatic rings. The normalized spacial score (nSPS) is 12.8. The summed E-state index contributed by atoms with van der Waals surface area (Å²) in [5.74, 6) is 0.987. The molecule has 1 nitrogen and oxygen atoms in total. The van der Waals surface area contributed by atoms with Crippen LogP contribution in [-0.2, 0) is 0 Å². The first-order valence-corrected chi connectivity index (χ1v) is 8.97. The summed E-state index contributed by atoms with van der Waals surface area (Å²) in [5.41, 5.74) is 3.66. The summed E-state index contributed by atoms with van der Waals surface area (Å²) in [7, 11) is 1.73. The lowest BCUT2D eigenvalue weighted by molar-refractivity contribution is 0.408. The Kier molecular flexibility index (Phi) is 3.89. The van der Waals surface area contributed by atoms with Gasteiger partial charge in [-0.05, 0) is 48.1 Å². The molecule has 3 rings (SSSR count). The molecule has 1 atom stereocenters. The number of rotatable bonds is 3. The van der Waals surface area contributed by atoms with Crippen molar-refractivity contribution in [2.24, 2.45) is 0 Å². The third-order valence-electron chi connectivity index (χ3n) is 3.39. The van der Waals surface area contributed by atoms with Crippen molar-refractivity contribution >= 4 is 48.0 Å². The first kappa shape index (κ1) is 14.1. The largest absolute Gasteiger partial charge is 0.496 e. The summed E-state index contributed by atoms with van der Waals surface area (Å²) in [6, 6.07) is 8.90. The lowest BCUT2D eigenvalue weighted by Crippen LogP contribution is -1.96. The lowest BCUT2D eigenvalue weighted by atomic mass is 10.0. The zero-order valence-corrected chi connectivity index (χ0v) is 14.8. The zero-order chi connectivity index (χ0) is 14.3. The van der Waals surface area contributed by atoms with Gasteiger partial charge in [-0.15, -0.1) is 22.7 Å². The Morgan fingerprint density at radius 3 is 2.40 bits per heavy atom.